The fourth-order valence-electron chi connectivity index (χ4n) is 5.23. The number of phenolic OH excluding ortho intramolecular Hbond substituents is 1. The zero-order valence-electron chi connectivity index (χ0n) is 16.4. The van der Waals surface area contributed by atoms with E-state index in [1.54, 1.807) is 7.11 Å². The molecule has 0 spiro atoms. The molecule has 2 aliphatic heterocycles. The number of rotatable bonds is 1. The lowest BCUT2D eigenvalue weighted by Gasteiger charge is -2.41. The van der Waals surface area contributed by atoms with Crippen LogP contribution in [0.25, 0.3) is 21.5 Å². The van der Waals surface area contributed by atoms with Gasteiger partial charge < -0.3 is 9.84 Å². The molecule has 3 nitrogen and oxygen atoms in total. The highest BCUT2D eigenvalue weighted by Crippen LogP contribution is 2.42. The van der Waals surface area contributed by atoms with E-state index in [4.69, 9.17) is 4.74 Å². The summed E-state index contributed by atoms with van der Waals surface area (Å²) in [5.41, 5.74) is 4.95. The zero-order chi connectivity index (χ0) is 18.7. The largest absolute Gasteiger partial charge is 0.508 e. The molecule has 2 aliphatic rings. The molecule has 1 N–H and O–H groups in total. The van der Waals surface area contributed by atoms with Crippen molar-refractivity contribution in [2.45, 2.75) is 52.1 Å². The van der Waals surface area contributed by atoms with Crippen molar-refractivity contribution in [3.8, 4) is 11.5 Å². The second-order valence-corrected chi connectivity index (χ2v) is 8.33. The normalized spacial score (nSPS) is 19.9. The molecule has 2 heterocycles. The van der Waals surface area contributed by atoms with Crippen molar-refractivity contribution in [3.63, 3.8) is 0 Å². The smallest absolute Gasteiger partial charge is 0.122 e. The van der Waals surface area contributed by atoms with Crippen molar-refractivity contribution in [1.82, 2.24) is 4.90 Å². The van der Waals surface area contributed by atoms with Crippen molar-refractivity contribution < 1.29 is 9.84 Å². The lowest BCUT2D eigenvalue weighted by molar-refractivity contribution is 0.128. The van der Waals surface area contributed by atoms with Gasteiger partial charge in [-0.05, 0) is 108 Å². The molecule has 0 bridgehead atoms. The molecule has 1 atom stereocenters. The number of ether oxygens (including phenoxy) is 1. The lowest BCUT2D eigenvalue weighted by Crippen LogP contribution is -2.43. The Labute approximate surface area is 160 Å². The highest BCUT2D eigenvalue weighted by Gasteiger charge is 2.31. The second kappa shape index (κ2) is 6.13. The molecule has 0 amide bonds. The van der Waals surface area contributed by atoms with Gasteiger partial charge in [-0.3, -0.25) is 4.90 Å². The summed E-state index contributed by atoms with van der Waals surface area (Å²) in [5, 5.41) is 15.5. The zero-order valence-corrected chi connectivity index (χ0v) is 16.4. The molecule has 0 radical (unpaired) electrons. The highest BCUT2D eigenvalue weighted by molar-refractivity contribution is 6.12. The van der Waals surface area contributed by atoms with Crippen LogP contribution in [0.1, 0.15) is 41.5 Å². The van der Waals surface area contributed by atoms with Crippen LogP contribution in [0.4, 0.5) is 0 Å². The molecular weight excluding hydrogens is 334 g/mol. The van der Waals surface area contributed by atoms with Crippen LogP contribution in [-0.2, 0) is 13.0 Å². The van der Waals surface area contributed by atoms with E-state index < -0.39 is 0 Å². The molecule has 0 aliphatic carbocycles. The van der Waals surface area contributed by atoms with E-state index in [2.05, 4.69) is 30.0 Å². The van der Waals surface area contributed by atoms with Crippen molar-refractivity contribution in [1.29, 1.82) is 0 Å². The van der Waals surface area contributed by atoms with E-state index in [-0.39, 0.29) is 0 Å². The van der Waals surface area contributed by atoms with Gasteiger partial charge in [0.15, 0.2) is 0 Å². The van der Waals surface area contributed by atoms with Crippen LogP contribution in [0, 0.1) is 13.8 Å². The molecule has 0 aromatic heterocycles. The predicted octanol–water partition coefficient (Wildman–Crippen LogP) is 5.23. The van der Waals surface area contributed by atoms with Crippen molar-refractivity contribution in [3.05, 3.63) is 46.5 Å². The van der Waals surface area contributed by atoms with Gasteiger partial charge in [-0.25, -0.2) is 0 Å². The molecule has 1 saturated heterocycles. The second-order valence-electron chi connectivity index (χ2n) is 8.33. The van der Waals surface area contributed by atoms with Crippen molar-refractivity contribution >= 4 is 21.5 Å². The van der Waals surface area contributed by atoms with Gasteiger partial charge in [0, 0.05) is 12.6 Å². The summed E-state index contributed by atoms with van der Waals surface area (Å²) in [6, 6.07) is 9.30. The molecule has 1 fully saturated rings. The lowest BCUT2D eigenvalue weighted by atomic mass is 9.82. The maximum absolute atomic E-state index is 10.4. The van der Waals surface area contributed by atoms with Crippen LogP contribution in [0.15, 0.2) is 24.3 Å². The Hall–Kier alpha value is -2.26. The van der Waals surface area contributed by atoms with Gasteiger partial charge in [0.25, 0.3) is 0 Å². The summed E-state index contributed by atoms with van der Waals surface area (Å²) in [5.74, 6) is 1.36. The average molecular weight is 361 g/mol. The standard InChI is InChI=1S/C24H27NO2/c1-14-8-17-18-9-15(2)24(27-3)12-21(18)19-10-16-6-4-5-7-25(16)13-22(19)20(17)11-23(14)26/h8-9,11-12,16,26H,4-7,10,13H2,1-3H3. The number of aromatic hydroxyl groups is 1. The van der Waals surface area contributed by atoms with Gasteiger partial charge in [-0.2, -0.15) is 0 Å². The number of methoxy groups -OCH3 is 1. The van der Waals surface area contributed by atoms with E-state index in [9.17, 15) is 5.11 Å². The van der Waals surface area contributed by atoms with Gasteiger partial charge in [0.05, 0.1) is 7.11 Å². The number of nitrogens with zero attached hydrogens (tertiary/aromatic N) is 1. The molecule has 27 heavy (non-hydrogen) atoms. The summed E-state index contributed by atoms with van der Waals surface area (Å²) in [7, 11) is 1.76. The number of hydrogen-bond donors (Lipinski definition) is 1. The van der Waals surface area contributed by atoms with Gasteiger partial charge in [-0.1, -0.05) is 6.42 Å². The molecule has 3 aromatic carbocycles. The quantitative estimate of drug-likeness (QED) is 0.602. The third-order valence-corrected chi connectivity index (χ3v) is 6.73. The first-order valence-electron chi connectivity index (χ1n) is 10.1. The van der Waals surface area contributed by atoms with Crippen LogP contribution >= 0.6 is 0 Å². The summed E-state index contributed by atoms with van der Waals surface area (Å²) in [6.45, 7) is 6.28. The monoisotopic (exact) mass is 361 g/mol. The Bertz CT molecular complexity index is 1070. The number of benzene rings is 3. The summed E-state index contributed by atoms with van der Waals surface area (Å²) in [4.78, 5) is 2.65. The molecule has 5 rings (SSSR count). The van der Waals surface area contributed by atoms with Crippen LogP contribution in [-0.4, -0.2) is 29.7 Å². The predicted molar refractivity (Wildman–Crippen MR) is 111 cm³/mol. The van der Waals surface area contributed by atoms with Crippen LogP contribution in [0.5, 0.6) is 11.5 Å². The van der Waals surface area contributed by atoms with E-state index >= 15 is 0 Å². The number of phenols is 1. The molecule has 3 heteroatoms. The third-order valence-electron chi connectivity index (χ3n) is 6.73. The van der Waals surface area contributed by atoms with E-state index in [1.165, 1.54) is 58.5 Å². The van der Waals surface area contributed by atoms with Gasteiger partial charge >= 0.3 is 0 Å². The molecule has 3 aromatic rings. The number of aryl methyl sites for hydroxylation is 2. The summed E-state index contributed by atoms with van der Waals surface area (Å²) < 4.78 is 5.66. The maximum Gasteiger partial charge on any atom is 0.122 e. The molecular formula is C24H27NO2. The molecule has 1 unspecified atom stereocenters. The van der Waals surface area contributed by atoms with Gasteiger partial charge in [0.1, 0.15) is 11.5 Å². The Morgan fingerprint density at radius 1 is 0.926 bits per heavy atom. The SMILES string of the molecule is COc1cc2c3c(c4cc(O)c(C)cc4c2cc1C)CN1CCCCC1C3. The first-order valence-corrected chi connectivity index (χ1v) is 10.1. The highest BCUT2D eigenvalue weighted by atomic mass is 16.5. The topological polar surface area (TPSA) is 32.7 Å². The van der Waals surface area contributed by atoms with E-state index in [0.717, 1.165) is 29.8 Å². The van der Waals surface area contributed by atoms with Gasteiger partial charge in [-0.15, -0.1) is 0 Å². The number of hydrogen-bond acceptors (Lipinski definition) is 3. The van der Waals surface area contributed by atoms with Crippen molar-refractivity contribution in [2.24, 2.45) is 0 Å². The van der Waals surface area contributed by atoms with Crippen molar-refractivity contribution in [2.75, 3.05) is 13.7 Å². The molecule has 140 valence electrons. The third kappa shape index (κ3) is 2.52. The first-order chi connectivity index (χ1) is 13.1. The fraction of sp³-hybridized carbons (Fsp3) is 0.417. The maximum atomic E-state index is 10.4. The summed E-state index contributed by atoms with van der Waals surface area (Å²) in [6.07, 6.45) is 5.03. The Morgan fingerprint density at radius 2 is 1.67 bits per heavy atom. The Morgan fingerprint density at radius 3 is 2.44 bits per heavy atom. The van der Waals surface area contributed by atoms with Gasteiger partial charge in [0.2, 0.25) is 0 Å². The van der Waals surface area contributed by atoms with Crippen LogP contribution in [0.3, 0.4) is 0 Å². The average Bonchev–Trinajstić information content (AvgIpc) is 2.68. The molecule has 0 saturated carbocycles. The number of piperidine rings is 1. The minimum atomic E-state index is 0.398. The summed E-state index contributed by atoms with van der Waals surface area (Å²) >= 11 is 0. The first kappa shape index (κ1) is 16.9. The van der Waals surface area contributed by atoms with Crippen LogP contribution in [0.2, 0.25) is 0 Å². The van der Waals surface area contributed by atoms with E-state index in [1.807, 2.05) is 13.0 Å². The fourth-order valence-corrected chi connectivity index (χ4v) is 5.23. The van der Waals surface area contributed by atoms with E-state index in [0.29, 0.717) is 11.8 Å². The van der Waals surface area contributed by atoms with Crippen LogP contribution < -0.4 is 4.74 Å². The Kier molecular flexibility index (Phi) is 3.83. The minimum Gasteiger partial charge on any atom is -0.508 e. The minimum absolute atomic E-state index is 0.398. The number of fused-ring (bicyclic) bond motifs is 7. The Balaban J connectivity index is 1.88.